The standard InChI is InChI=1S/C17H11Cl3O3/c1-9-4-17(21)23-15-7-16(14(20)6-11(9)15)22-8-10-2-3-12(18)13(19)5-10/h2-7H,8H2,1H3. The van der Waals surface area contributed by atoms with Crippen molar-refractivity contribution >= 4 is 45.8 Å². The number of aryl methyl sites for hydroxylation is 1. The fourth-order valence-electron chi connectivity index (χ4n) is 2.22. The topological polar surface area (TPSA) is 39.4 Å². The molecule has 0 saturated heterocycles. The van der Waals surface area contributed by atoms with Crippen LogP contribution in [0.2, 0.25) is 15.1 Å². The summed E-state index contributed by atoms with van der Waals surface area (Å²) in [6.07, 6.45) is 0. The van der Waals surface area contributed by atoms with Gasteiger partial charge in [0.25, 0.3) is 0 Å². The van der Waals surface area contributed by atoms with Gasteiger partial charge >= 0.3 is 5.63 Å². The van der Waals surface area contributed by atoms with Crippen LogP contribution >= 0.6 is 34.8 Å². The first-order valence-corrected chi connectivity index (χ1v) is 7.88. The molecule has 0 amide bonds. The molecule has 0 bridgehead atoms. The van der Waals surface area contributed by atoms with Crippen molar-refractivity contribution < 1.29 is 9.15 Å². The van der Waals surface area contributed by atoms with Gasteiger partial charge in [0.1, 0.15) is 17.9 Å². The molecule has 23 heavy (non-hydrogen) atoms. The molecular formula is C17H11Cl3O3. The van der Waals surface area contributed by atoms with Gasteiger partial charge in [-0.1, -0.05) is 40.9 Å². The highest BCUT2D eigenvalue weighted by atomic mass is 35.5. The van der Waals surface area contributed by atoms with E-state index in [-0.39, 0.29) is 6.61 Å². The minimum Gasteiger partial charge on any atom is -0.487 e. The lowest BCUT2D eigenvalue weighted by Gasteiger charge is -2.10. The molecule has 0 spiro atoms. The molecule has 0 aliphatic heterocycles. The van der Waals surface area contributed by atoms with Gasteiger partial charge in [0.15, 0.2) is 0 Å². The normalized spacial score (nSPS) is 11.0. The molecule has 0 fully saturated rings. The first-order chi connectivity index (χ1) is 10.9. The van der Waals surface area contributed by atoms with Gasteiger partial charge in [-0.3, -0.25) is 0 Å². The van der Waals surface area contributed by atoms with E-state index < -0.39 is 5.63 Å². The van der Waals surface area contributed by atoms with E-state index in [1.807, 2.05) is 13.0 Å². The largest absolute Gasteiger partial charge is 0.487 e. The van der Waals surface area contributed by atoms with Crippen LogP contribution in [0.1, 0.15) is 11.1 Å². The van der Waals surface area contributed by atoms with Crippen molar-refractivity contribution in [3.63, 3.8) is 0 Å². The van der Waals surface area contributed by atoms with Crippen LogP contribution in [0.3, 0.4) is 0 Å². The van der Waals surface area contributed by atoms with Gasteiger partial charge in [0.2, 0.25) is 0 Å². The van der Waals surface area contributed by atoms with Gasteiger partial charge in [-0.25, -0.2) is 4.79 Å². The van der Waals surface area contributed by atoms with E-state index in [1.54, 1.807) is 24.3 Å². The van der Waals surface area contributed by atoms with Crippen molar-refractivity contribution in [2.75, 3.05) is 0 Å². The molecule has 0 atom stereocenters. The summed E-state index contributed by atoms with van der Waals surface area (Å²) < 4.78 is 10.9. The maximum absolute atomic E-state index is 11.5. The number of hydrogen-bond donors (Lipinski definition) is 0. The Morgan fingerprint density at radius 2 is 1.78 bits per heavy atom. The summed E-state index contributed by atoms with van der Waals surface area (Å²) >= 11 is 18.1. The zero-order valence-corrected chi connectivity index (χ0v) is 14.3. The third kappa shape index (κ3) is 3.47. The molecule has 3 nitrogen and oxygen atoms in total. The molecule has 0 radical (unpaired) electrons. The molecule has 118 valence electrons. The number of ether oxygens (including phenoxy) is 1. The number of halogens is 3. The van der Waals surface area contributed by atoms with E-state index in [1.165, 1.54) is 6.07 Å². The van der Waals surface area contributed by atoms with Gasteiger partial charge < -0.3 is 9.15 Å². The fourth-order valence-corrected chi connectivity index (χ4v) is 2.76. The third-order valence-electron chi connectivity index (χ3n) is 3.38. The SMILES string of the molecule is Cc1cc(=O)oc2cc(OCc3ccc(Cl)c(Cl)c3)c(Cl)cc12. The number of fused-ring (bicyclic) bond motifs is 1. The summed E-state index contributed by atoms with van der Waals surface area (Å²) in [5.41, 5.74) is 1.67. The van der Waals surface area contributed by atoms with E-state index >= 15 is 0 Å². The smallest absolute Gasteiger partial charge is 0.336 e. The molecular weight excluding hydrogens is 359 g/mol. The van der Waals surface area contributed by atoms with Crippen molar-refractivity contribution in [2.45, 2.75) is 13.5 Å². The second-order valence-corrected chi connectivity index (χ2v) is 6.29. The monoisotopic (exact) mass is 368 g/mol. The lowest BCUT2D eigenvalue weighted by Crippen LogP contribution is -2.00. The van der Waals surface area contributed by atoms with Crippen molar-refractivity contribution in [3.05, 3.63) is 73.0 Å². The Morgan fingerprint density at radius 1 is 1.00 bits per heavy atom. The lowest BCUT2D eigenvalue weighted by atomic mass is 10.1. The van der Waals surface area contributed by atoms with Gasteiger partial charge in [-0.15, -0.1) is 0 Å². The highest BCUT2D eigenvalue weighted by Gasteiger charge is 2.10. The predicted octanol–water partition coefficient (Wildman–Crippen LogP) is 5.64. The summed E-state index contributed by atoms with van der Waals surface area (Å²) in [6, 6.07) is 10.0. The van der Waals surface area contributed by atoms with Crippen LogP contribution in [-0.4, -0.2) is 0 Å². The molecule has 3 aromatic rings. The average molecular weight is 370 g/mol. The number of hydrogen-bond acceptors (Lipinski definition) is 3. The lowest BCUT2D eigenvalue weighted by molar-refractivity contribution is 0.306. The molecule has 0 aliphatic rings. The molecule has 0 N–H and O–H groups in total. The Morgan fingerprint density at radius 3 is 2.52 bits per heavy atom. The van der Waals surface area contributed by atoms with E-state index in [0.717, 1.165) is 16.5 Å². The second-order valence-electron chi connectivity index (χ2n) is 5.06. The van der Waals surface area contributed by atoms with Crippen LogP contribution in [0.15, 0.2) is 45.6 Å². The molecule has 6 heteroatoms. The maximum Gasteiger partial charge on any atom is 0.336 e. The van der Waals surface area contributed by atoms with Crippen LogP contribution in [0.4, 0.5) is 0 Å². The van der Waals surface area contributed by atoms with Crippen LogP contribution in [0.25, 0.3) is 11.0 Å². The Hall–Kier alpha value is -1.68. The highest BCUT2D eigenvalue weighted by molar-refractivity contribution is 6.42. The van der Waals surface area contributed by atoms with Crippen LogP contribution < -0.4 is 10.4 Å². The fraction of sp³-hybridized carbons (Fsp3) is 0.118. The molecule has 1 aromatic heterocycles. The van der Waals surface area contributed by atoms with Gasteiger partial charge in [0, 0.05) is 17.5 Å². The molecule has 3 rings (SSSR count). The number of rotatable bonds is 3. The number of benzene rings is 2. The van der Waals surface area contributed by atoms with Crippen molar-refractivity contribution in [1.29, 1.82) is 0 Å². The van der Waals surface area contributed by atoms with Crippen LogP contribution in [0, 0.1) is 6.92 Å². The summed E-state index contributed by atoms with van der Waals surface area (Å²) in [5.74, 6) is 0.430. The Balaban J connectivity index is 1.92. The van der Waals surface area contributed by atoms with Gasteiger partial charge in [-0.2, -0.15) is 0 Å². The third-order valence-corrected chi connectivity index (χ3v) is 4.42. The molecule has 0 saturated carbocycles. The zero-order chi connectivity index (χ0) is 16.6. The molecule has 0 aliphatic carbocycles. The second kappa shape index (κ2) is 6.44. The average Bonchev–Trinajstić information content (AvgIpc) is 2.49. The maximum atomic E-state index is 11.5. The van der Waals surface area contributed by atoms with E-state index in [2.05, 4.69) is 0 Å². The van der Waals surface area contributed by atoms with Gasteiger partial charge in [-0.05, 0) is 36.2 Å². The van der Waals surface area contributed by atoms with Crippen molar-refractivity contribution in [2.24, 2.45) is 0 Å². The van der Waals surface area contributed by atoms with Crippen molar-refractivity contribution in [3.8, 4) is 5.75 Å². The summed E-state index contributed by atoms with van der Waals surface area (Å²) in [6.45, 7) is 2.09. The van der Waals surface area contributed by atoms with E-state index in [4.69, 9.17) is 44.0 Å². The van der Waals surface area contributed by atoms with Gasteiger partial charge in [0.05, 0.1) is 15.1 Å². The van der Waals surface area contributed by atoms with E-state index in [9.17, 15) is 4.79 Å². The minimum absolute atomic E-state index is 0.262. The summed E-state index contributed by atoms with van der Waals surface area (Å²) in [7, 11) is 0. The summed E-state index contributed by atoms with van der Waals surface area (Å²) in [4.78, 5) is 11.5. The first kappa shape index (κ1) is 16.2. The molecule has 1 heterocycles. The quantitative estimate of drug-likeness (QED) is 0.561. The zero-order valence-electron chi connectivity index (χ0n) is 12.0. The Bertz CT molecular complexity index is 948. The van der Waals surface area contributed by atoms with E-state index in [0.29, 0.717) is 26.4 Å². The minimum atomic E-state index is -0.409. The first-order valence-electron chi connectivity index (χ1n) is 6.75. The summed E-state index contributed by atoms with van der Waals surface area (Å²) in [5, 5.41) is 2.15. The van der Waals surface area contributed by atoms with Crippen LogP contribution in [-0.2, 0) is 6.61 Å². The highest BCUT2D eigenvalue weighted by Crippen LogP contribution is 2.32. The Kier molecular flexibility index (Phi) is 4.53. The van der Waals surface area contributed by atoms with Crippen LogP contribution in [0.5, 0.6) is 5.75 Å². The molecule has 2 aromatic carbocycles. The predicted molar refractivity (Wildman–Crippen MR) is 93.0 cm³/mol. The Labute approximate surface area is 147 Å². The molecule has 0 unspecified atom stereocenters. The van der Waals surface area contributed by atoms with Crippen molar-refractivity contribution in [1.82, 2.24) is 0 Å².